The van der Waals surface area contributed by atoms with Crippen LogP contribution in [0.5, 0.6) is 0 Å². The van der Waals surface area contributed by atoms with Crippen LogP contribution >= 0.6 is 23.1 Å². The van der Waals surface area contributed by atoms with Gasteiger partial charge in [0.1, 0.15) is 16.6 Å². The van der Waals surface area contributed by atoms with Gasteiger partial charge in [0, 0.05) is 0 Å². The van der Waals surface area contributed by atoms with Crippen molar-refractivity contribution in [2.75, 3.05) is 11.9 Å². The van der Waals surface area contributed by atoms with Crippen LogP contribution in [0.2, 0.25) is 5.15 Å². The highest BCUT2D eigenvalue weighted by Crippen LogP contribution is 2.28. The van der Waals surface area contributed by atoms with Crippen LogP contribution in [0.4, 0.5) is 5.00 Å². The van der Waals surface area contributed by atoms with E-state index in [-0.39, 0.29) is 17.8 Å². The minimum Gasteiger partial charge on any atom is -0.394 e. The maximum atomic E-state index is 9.21. The number of aliphatic hydroxyl groups excluding tert-OH is 1. The summed E-state index contributed by atoms with van der Waals surface area (Å²) in [5, 5.41) is 22.0. The number of aromatic nitrogens is 1. The number of aliphatic hydroxyl groups is 1. The standard InChI is InChI=1S/C10H14ClN3OS/c1-6(2)3-7(5-15)13-10-8(4-12)9(11)14-16-10/h6-7,13,15H,3,5H2,1-2H3. The molecule has 2 N–H and O–H groups in total. The summed E-state index contributed by atoms with van der Waals surface area (Å²) in [6.45, 7) is 4.18. The van der Waals surface area contributed by atoms with Crippen LogP contribution in [0.1, 0.15) is 25.8 Å². The van der Waals surface area contributed by atoms with E-state index in [1.807, 2.05) is 6.07 Å². The smallest absolute Gasteiger partial charge is 0.162 e. The molecule has 0 aliphatic carbocycles. The van der Waals surface area contributed by atoms with Crippen LogP contribution in [0.3, 0.4) is 0 Å². The summed E-state index contributed by atoms with van der Waals surface area (Å²) in [6.07, 6.45) is 0.830. The fourth-order valence-corrected chi connectivity index (χ4v) is 2.41. The number of rotatable bonds is 5. The zero-order valence-corrected chi connectivity index (χ0v) is 10.8. The quantitative estimate of drug-likeness (QED) is 0.852. The lowest BCUT2D eigenvalue weighted by Gasteiger charge is -2.18. The molecule has 0 saturated heterocycles. The van der Waals surface area contributed by atoms with E-state index in [1.165, 1.54) is 0 Å². The van der Waals surface area contributed by atoms with Crippen LogP contribution in [0.15, 0.2) is 0 Å². The molecule has 0 saturated carbocycles. The molecule has 0 amide bonds. The highest BCUT2D eigenvalue weighted by atomic mass is 35.5. The van der Waals surface area contributed by atoms with Gasteiger partial charge in [-0.15, -0.1) is 0 Å². The zero-order valence-electron chi connectivity index (χ0n) is 9.20. The Hall–Kier alpha value is -0.830. The van der Waals surface area contributed by atoms with E-state index in [1.54, 1.807) is 0 Å². The third-order valence-corrected chi connectivity index (χ3v) is 3.23. The monoisotopic (exact) mass is 259 g/mol. The SMILES string of the molecule is CC(C)CC(CO)Nc1snc(Cl)c1C#N. The van der Waals surface area contributed by atoms with Gasteiger partial charge in [-0.2, -0.15) is 9.64 Å². The molecule has 0 radical (unpaired) electrons. The lowest BCUT2D eigenvalue weighted by molar-refractivity contribution is 0.259. The Morgan fingerprint density at radius 2 is 2.31 bits per heavy atom. The first kappa shape index (κ1) is 13.2. The molecule has 1 aromatic rings. The fourth-order valence-electron chi connectivity index (χ4n) is 1.40. The van der Waals surface area contributed by atoms with Gasteiger partial charge in [0.05, 0.1) is 12.6 Å². The third kappa shape index (κ3) is 3.34. The molecule has 0 aliphatic rings. The molecular weight excluding hydrogens is 246 g/mol. The first-order valence-electron chi connectivity index (χ1n) is 5.01. The number of hydrogen-bond donors (Lipinski definition) is 2. The molecule has 0 aliphatic heterocycles. The molecule has 1 rings (SSSR count). The Morgan fingerprint density at radius 3 is 2.81 bits per heavy atom. The number of anilines is 1. The van der Waals surface area contributed by atoms with E-state index in [0.717, 1.165) is 18.0 Å². The number of nitriles is 1. The second kappa shape index (κ2) is 6.04. The molecule has 1 aromatic heterocycles. The van der Waals surface area contributed by atoms with Crippen LogP contribution in [-0.2, 0) is 0 Å². The van der Waals surface area contributed by atoms with Crippen molar-refractivity contribution in [3.05, 3.63) is 10.7 Å². The van der Waals surface area contributed by atoms with Gasteiger partial charge in [0.25, 0.3) is 0 Å². The van der Waals surface area contributed by atoms with Crippen molar-refractivity contribution < 1.29 is 5.11 Å². The summed E-state index contributed by atoms with van der Waals surface area (Å²) in [7, 11) is 0. The zero-order chi connectivity index (χ0) is 12.1. The summed E-state index contributed by atoms with van der Waals surface area (Å²) in [6, 6.07) is 1.93. The molecular formula is C10H14ClN3OS. The van der Waals surface area contributed by atoms with Gasteiger partial charge in [-0.25, -0.2) is 0 Å². The number of nitrogens with zero attached hydrogens (tertiary/aromatic N) is 2. The van der Waals surface area contributed by atoms with E-state index in [2.05, 4.69) is 23.5 Å². The molecule has 88 valence electrons. The van der Waals surface area contributed by atoms with Gasteiger partial charge in [-0.05, 0) is 23.9 Å². The van der Waals surface area contributed by atoms with Gasteiger partial charge < -0.3 is 10.4 Å². The Balaban J connectivity index is 2.74. The normalized spacial score (nSPS) is 12.5. The molecule has 6 heteroatoms. The maximum Gasteiger partial charge on any atom is 0.162 e. The second-order valence-corrected chi connectivity index (χ2v) is 5.07. The molecule has 0 spiro atoms. The van der Waals surface area contributed by atoms with E-state index >= 15 is 0 Å². The molecule has 1 unspecified atom stereocenters. The molecule has 4 nitrogen and oxygen atoms in total. The Kier molecular flexibility index (Phi) is 5.00. The number of nitrogens with one attached hydrogen (secondary N) is 1. The minimum atomic E-state index is -0.0661. The van der Waals surface area contributed by atoms with E-state index < -0.39 is 0 Å². The largest absolute Gasteiger partial charge is 0.394 e. The second-order valence-electron chi connectivity index (χ2n) is 3.94. The van der Waals surface area contributed by atoms with Crippen molar-refractivity contribution in [2.24, 2.45) is 5.92 Å². The lowest BCUT2D eigenvalue weighted by atomic mass is 10.0. The maximum absolute atomic E-state index is 9.21. The highest BCUT2D eigenvalue weighted by molar-refractivity contribution is 7.10. The van der Waals surface area contributed by atoms with Crippen LogP contribution in [0, 0.1) is 17.2 Å². The van der Waals surface area contributed by atoms with Crippen LogP contribution in [-0.4, -0.2) is 22.1 Å². The first-order chi connectivity index (χ1) is 7.58. The van der Waals surface area contributed by atoms with Crippen molar-refractivity contribution in [1.29, 1.82) is 5.26 Å². The molecule has 0 aromatic carbocycles. The topological polar surface area (TPSA) is 68.9 Å². The molecule has 16 heavy (non-hydrogen) atoms. The van der Waals surface area contributed by atoms with Gasteiger partial charge >= 0.3 is 0 Å². The summed E-state index contributed by atoms with van der Waals surface area (Å²) in [5.74, 6) is 0.471. The van der Waals surface area contributed by atoms with Gasteiger partial charge in [-0.1, -0.05) is 25.4 Å². The Labute approximate surface area is 104 Å². The number of halogens is 1. The Bertz CT molecular complexity index is 386. The van der Waals surface area contributed by atoms with Gasteiger partial charge in [0.2, 0.25) is 0 Å². The third-order valence-electron chi connectivity index (χ3n) is 2.07. The fraction of sp³-hybridized carbons (Fsp3) is 0.600. The highest BCUT2D eigenvalue weighted by Gasteiger charge is 2.16. The van der Waals surface area contributed by atoms with E-state index in [9.17, 15) is 5.11 Å². The summed E-state index contributed by atoms with van der Waals surface area (Å²) in [5.41, 5.74) is 0.355. The predicted octanol–water partition coefficient (Wildman–Crippen LogP) is 2.49. The van der Waals surface area contributed by atoms with Crippen LogP contribution < -0.4 is 5.32 Å². The van der Waals surface area contributed by atoms with Crippen molar-refractivity contribution in [3.8, 4) is 6.07 Å². The first-order valence-corrected chi connectivity index (χ1v) is 6.16. The van der Waals surface area contributed by atoms with Gasteiger partial charge in [0.15, 0.2) is 5.15 Å². The molecule has 1 heterocycles. The van der Waals surface area contributed by atoms with Gasteiger partial charge in [-0.3, -0.25) is 0 Å². The van der Waals surface area contributed by atoms with Crippen molar-refractivity contribution in [3.63, 3.8) is 0 Å². The molecule has 0 bridgehead atoms. The molecule has 0 fully saturated rings. The van der Waals surface area contributed by atoms with E-state index in [4.69, 9.17) is 16.9 Å². The summed E-state index contributed by atoms with van der Waals surface area (Å²) < 4.78 is 3.89. The summed E-state index contributed by atoms with van der Waals surface area (Å²) >= 11 is 6.90. The predicted molar refractivity (Wildman–Crippen MR) is 65.8 cm³/mol. The Morgan fingerprint density at radius 1 is 1.62 bits per heavy atom. The van der Waals surface area contributed by atoms with Crippen LogP contribution in [0.25, 0.3) is 0 Å². The number of hydrogen-bond acceptors (Lipinski definition) is 5. The average molecular weight is 260 g/mol. The van der Waals surface area contributed by atoms with E-state index in [0.29, 0.717) is 16.5 Å². The van der Waals surface area contributed by atoms with Crippen molar-refractivity contribution in [1.82, 2.24) is 4.37 Å². The van der Waals surface area contributed by atoms with Crippen molar-refractivity contribution in [2.45, 2.75) is 26.3 Å². The lowest BCUT2D eigenvalue weighted by Crippen LogP contribution is -2.25. The summed E-state index contributed by atoms with van der Waals surface area (Å²) in [4.78, 5) is 0. The minimum absolute atomic E-state index is 0.0264. The average Bonchev–Trinajstić information content (AvgIpc) is 2.57. The molecule has 1 atom stereocenters. The van der Waals surface area contributed by atoms with Crippen molar-refractivity contribution >= 4 is 28.1 Å².